The monoisotopic (exact) mass is 545 g/mol. The van der Waals surface area contributed by atoms with Gasteiger partial charge in [0.05, 0.1) is 29.8 Å². The third kappa shape index (κ3) is 4.52. The Morgan fingerprint density at radius 2 is 1.87 bits per heavy atom. The number of benzene rings is 2. The minimum absolute atomic E-state index is 0.175. The maximum absolute atomic E-state index is 13.7. The van der Waals surface area contributed by atoms with Crippen molar-refractivity contribution < 1.29 is 23.8 Å². The van der Waals surface area contributed by atoms with Crippen LogP contribution in [0.2, 0.25) is 5.02 Å². The van der Waals surface area contributed by atoms with E-state index in [1.54, 1.807) is 30.6 Å². The van der Waals surface area contributed by atoms with Crippen LogP contribution in [0.5, 0.6) is 5.75 Å². The van der Waals surface area contributed by atoms with Gasteiger partial charge in [0.1, 0.15) is 18.1 Å². The van der Waals surface area contributed by atoms with Gasteiger partial charge in [0.2, 0.25) is 0 Å². The van der Waals surface area contributed by atoms with Gasteiger partial charge in [-0.3, -0.25) is 9.59 Å². The first-order valence-corrected chi connectivity index (χ1v) is 12.7. The number of pyridine rings is 1. The van der Waals surface area contributed by atoms with Gasteiger partial charge >= 0.3 is 0 Å². The number of ether oxygens (including phenoxy) is 3. The van der Waals surface area contributed by atoms with Crippen molar-refractivity contribution in [3.8, 4) is 22.8 Å². The predicted molar refractivity (Wildman–Crippen MR) is 141 cm³/mol. The lowest BCUT2D eigenvalue weighted by atomic mass is 9.97. The van der Waals surface area contributed by atoms with E-state index < -0.39 is 23.6 Å². The summed E-state index contributed by atoms with van der Waals surface area (Å²) in [4.78, 5) is 30.8. The van der Waals surface area contributed by atoms with E-state index in [0.717, 1.165) is 16.7 Å². The highest BCUT2D eigenvalue weighted by atomic mass is 35.5. The van der Waals surface area contributed by atoms with E-state index in [-0.39, 0.29) is 31.8 Å². The second-order valence-electron chi connectivity index (χ2n) is 9.17. The number of aromatic nitrogens is 3. The van der Waals surface area contributed by atoms with E-state index in [4.69, 9.17) is 36.6 Å². The molecule has 2 aromatic heterocycles. The molecule has 0 radical (unpaired) electrons. The van der Waals surface area contributed by atoms with Crippen molar-refractivity contribution in [1.82, 2.24) is 20.1 Å². The smallest absolute Gasteiger partial charge is 0.280 e. The van der Waals surface area contributed by atoms with E-state index in [1.807, 2.05) is 42.5 Å². The molecule has 1 saturated heterocycles. The molecule has 10 nitrogen and oxygen atoms in total. The number of hydrogen-bond donors (Lipinski definition) is 2. The van der Waals surface area contributed by atoms with Crippen LogP contribution in [0, 0.1) is 0 Å². The Bertz CT molecular complexity index is 1550. The summed E-state index contributed by atoms with van der Waals surface area (Å²) in [6.45, 7) is 0.624. The minimum Gasteiger partial charge on any atom is -0.486 e. The summed E-state index contributed by atoms with van der Waals surface area (Å²) in [6.07, 6.45) is 3.59. The number of carbonyl (C=O) groups excluding carboxylic acids is 2. The van der Waals surface area contributed by atoms with Crippen LogP contribution in [0.1, 0.15) is 21.5 Å². The maximum atomic E-state index is 13.7. The molecular formula is C28H24ClN5O5. The first kappa shape index (κ1) is 25.1. The van der Waals surface area contributed by atoms with Crippen molar-refractivity contribution in [3.63, 3.8) is 0 Å². The number of para-hydroxylation sites is 1. The number of nitrogens with one attached hydrogen (secondary N) is 1. The van der Waals surface area contributed by atoms with Gasteiger partial charge in [-0.15, -0.1) is 0 Å². The fourth-order valence-electron chi connectivity index (χ4n) is 4.91. The topological polar surface area (TPSA) is 131 Å². The molecule has 2 aromatic carbocycles. The zero-order chi connectivity index (χ0) is 27.0. The standard InChI is InChI=1S/C28H24ClN5O5/c29-21-10-4-8-19-23-18(16-37-24(19)21)15-34(33-23)25-20(9-5-11-31-25)26(35)32-22(14-17-6-2-1-3-7-17)28(27(30)36)38-12-13-39-28/h1-11,15,22H,12-14,16H2,(H2,30,36)(H,32,35). The Hall–Kier alpha value is -4.25. The largest absolute Gasteiger partial charge is 0.486 e. The Balaban J connectivity index is 1.35. The Morgan fingerprint density at radius 3 is 2.64 bits per heavy atom. The molecule has 39 heavy (non-hydrogen) atoms. The molecule has 198 valence electrons. The summed E-state index contributed by atoms with van der Waals surface area (Å²) in [5, 5.41) is 8.15. The van der Waals surface area contributed by atoms with E-state index >= 15 is 0 Å². The van der Waals surface area contributed by atoms with Crippen LogP contribution in [-0.2, 0) is 27.3 Å². The van der Waals surface area contributed by atoms with Crippen molar-refractivity contribution in [2.45, 2.75) is 24.9 Å². The number of hydrogen-bond acceptors (Lipinski definition) is 7. The molecule has 2 aliphatic rings. The Morgan fingerprint density at radius 1 is 1.08 bits per heavy atom. The normalized spacial score (nSPS) is 16.0. The molecule has 2 amide bonds. The van der Waals surface area contributed by atoms with Gasteiger partial charge < -0.3 is 25.3 Å². The second kappa shape index (κ2) is 10.1. The molecule has 2 aliphatic heterocycles. The molecule has 3 N–H and O–H groups in total. The number of nitrogens with zero attached hydrogens (tertiary/aromatic N) is 3. The van der Waals surface area contributed by atoms with Crippen LogP contribution < -0.4 is 15.8 Å². The zero-order valence-corrected chi connectivity index (χ0v) is 21.4. The average molecular weight is 546 g/mol. The van der Waals surface area contributed by atoms with Crippen molar-refractivity contribution in [3.05, 3.63) is 94.8 Å². The number of primary amides is 1. The van der Waals surface area contributed by atoms with E-state index in [1.165, 1.54) is 4.68 Å². The van der Waals surface area contributed by atoms with E-state index in [2.05, 4.69) is 10.3 Å². The highest BCUT2D eigenvalue weighted by molar-refractivity contribution is 6.32. The number of fused-ring (bicyclic) bond motifs is 3. The summed E-state index contributed by atoms with van der Waals surface area (Å²) < 4.78 is 18.8. The molecule has 1 fully saturated rings. The summed E-state index contributed by atoms with van der Waals surface area (Å²) in [7, 11) is 0. The van der Waals surface area contributed by atoms with Crippen molar-refractivity contribution in [2.24, 2.45) is 5.73 Å². The van der Waals surface area contributed by atoms with Crippen LogP contribution in [-0.4, -0.2) is 51.6 Å². The fourth-order valence-corrected chi connectivity index (χ4v) is 5.14. The molecule has 4 heterocycles. The summed E-state index contributed by atoms with van der Waals surface area (Å²) in [5.41, 5.74) is 9.12. The lowest BCUT2D eigenvalue weighted by Crippen LogP contribution is -2.61. The quantitative estimate of drug-likeness (QED) is 0.365. The van der Waals surface area contributed by atoms with Gasteiger partial charge in [-0.05, 0) is 36.2 Å². The molecule has 0 aliphatic carbocycles. The first-order chi connectivity index (χ1) is 19.0. The van der Waals surface area contributed by atoms with Gasteiger partial charge in [-0.2, -0.15) is 5.10 Å². The maximum Gasteiger partial charge on any atom is 0.280 e. The summed E-state index contributed by atoms with van der Waals surface area (Å²) in [5.74, 6) is -2.25. The molecule has 1 atom stereocenters. The van der Waals surface area contributed by atoms with Crippen molar-refractivity contribution >= 4 is 23.4 Å². The third-order valence-electron chi connectivity index (χ3n) is 6.74. The number of amides is 2. The highest BCUT2D eigenvalue weighted by Crippen LogP contribution is 2.41. The predicted octanol–water partition coefficient (Wildman–Crippen LogP) is 3.05. The number of nitrogens with two attached hydrogens (primary N) is 1. The van der Waals surface area contributed by atoms with E-state index in [9.17, 15) is 9.59 Å². The number of rotatable bonds is 7. The Labute approximate surface area is 228 Å². The van der Waals surface area contributed by atoms with Crippen molar-refractivity contribution in [1.29, 1.82) is 0 Å². The highest BCUT2D eigenvalue weighted by Gasteiger charge is 2.51. The number of halogens is 1. The molecule has 0 bridgehead atoms. The SMILES string of the molecule is NC(=O)C1(C(Cc2ccccc2)NC(=O)c2cccnc2-n2cc3c(n2)-c2cccc(Cl)c2OC3)OCCO1. The molecule has 0 saturated carbocycles. The molecular weight excluding hydrogens is 522 g/mol. The molecule has 4 aromatic rings. The lowest BCUT2D eigenvalue weighted by molar-refractivity contribution is -0.189. The summed E-state index contributed by atoms with van der Waals surface area (Å²) in [6, 6.07) is 17.2. The van der Waals surface area contributed by atoms with Crippen LogP contribution in [0.3, 0.4) is 0 Å². The molecule has 1 unspecified atom stereocenters. The van der Waals surface area contributed by atoms with Gasteiger partial charge in [0.15, 0.2) is 5.82 Å². The van der Waals surface area contributed by atoms with Gasteiger partial charge in [-0.1, -0.05) is 48.0 Å². The van der Waals surface area contributed by atoms with Crippen LogP contribution >= 0.6 is 11.6 Å². The molecule has 6 rings (SSSR count). The fraction of sp³-hybridized carbons (Fsp3) is 0.214. The first-order valence-electron chi connectivity index (χ1n) is 12.3. The lowest BCUT2D eigenvalue weighted by Gasteiger charge is -2.33. The van der Waals surface area contributed by atoms with Gasteiger partial charge in [0.25, 0.3) is 17.6 Å². The molecule has 0 spiro atoms. The van der Waals surface area contributed by atoms with Crippen LogP contribution in [0.15, 0.2) is 73.1 Å². The van der Waals surface area contributed by atoms with Crippen molar-refractivity contribution in [2.75, 3.05) is 13.2 Å². The number of carbonyl (C=O) groups is 2. The van der Waals surface area contributed by atoms with Gasteiger partial charge in [-0.25, -0.2) is 9.67 Å². The second-order valence-corrected chi connectivity index (χ2v) is 9.58. The van der Waals surface area contributed by atoms with Gasteiger partial charge in [0, 0.05) is 23.5 Å². The van der Waals surface area contributed by atoms with Crippen LogP contribution in [0.25, 0.3) is 17.1 Å². The zero-order valence-electron chi connectivity index (χ0n) is 20.7. The average Bonchev–Trinajstić information content (AvgIpc) is 3.62. The van der Waals surface area contributed by atoms with Crippen LogP contribution in [0.4, 0.5) is 0 Å². The summed E-state index contributed by atoms with van der Waals surface area (Å²) >= 11 is 6.31. The Kier molecular flexibility index (Phi) is 6.51. The minimum atomic E-state index is -1.81. The molecule has 11 heteroatoms. The van der Waals surface area contributed by atoms with E-state index in [0.29, 0.717) is 22.3 Å². The third-order valence-corrected chi connectivity index (χ3v) is 7.04.